The molecule has 4 rings (SSSR count). The molecule has 3 atom stereocenters. The van der Waals surface area contributed by atoms with Gasteiger partial charge in [-0.25, -0.2) is 0 Å². The third-order valence-corrected chi connectivity index (χ3v) is 5.74. The summed E-state index contributed by atoms with van der Waals surface area (Å²) >= 11 is 0. The maximum Gasteiger partial charge on any atom is 0.243 e. The fourth-order valence-electron chi connectivity index (χ4n) is 4.36. The van der Waals surface area contributed by atoms with Gasteiger partial charge in [-0.1, -0.05) is 5.16 Å². The minimum atomic E-state index is 0.136. The van der Waals surface area contributed by atoms with E-state index in [-0.39, 0.29) is 11.9 Å². The highest BCUT2D eigenvalue weighted by atomic mass is 16.5. The first kappa shape index (κ1) is 15.1. The van der Waals surface area contributed by atoms with Gasteiger partial charge in [-0.3, -0.25) is 9.69 Å². The molecular weight excluding hydrogens is 292 g/mol. The summed E-state index contributed by atoms with van der Waals surface area (Å²) in [5, 5.41) is 4.16. The molecule has 126 valence electrons. The number of nitrogens with zero attached hydrogens (tertiary/aromatic N) is 4. The Hall–Kier alpha value is -1.43. The zero-order valence-corrected chi connectivity index (χ0v) is 14.1. The molecule has 2 saturated heterocycles. The average Bonchev–Trinajstić information content (AvgIpc) is 3.02. The Labute approximate surface area is 137 Å². The first-order valence-corrected chi connectivity index (χ1v) is 9.01. The van der Waals surface area contributed by atoms with Crippen molar-refractivity contribution in [2.75, 3.05) is 13.1 Å². The van der Waals surface area contributed by atoms with Crippen molar-refractivity contribution in [1.29, 1.82) is 0 Å². The number of hydrogen-bond acceptors (Lipinski definition) is 5. The molecule has 0 radical (unpaired) electrons. The second-order valence-electron chi connectivity index (χ2n) is 7.31. The Morgan fingerprint density at radius 3 is 2.65 bits per heavy atom. The van der Waals surface area contributed by atoms with E-state index >= 15 is 0 Å². The van der Waals surface area contributed by atoms with E-state index in [1.807, 2.05) is 0 Å². The van der Waals surface area contributed by atoms with Gasteiger partial charge in [-0.05, 0) is 52.0 Å². The predicted octanol–water partition coefficient (Wildman–Crippen LogP) is 2.48. The largest absolute Gasteiger partial charge is 0.338 e. The molecule has 1 aromatic rings. The summed E-state index contributed by atoms with van der Waals surface area (Å²) in [6, 6.07) is 0.910. The van der Waals surface area contributed by atoms with Crippen molar-refractivity contribution in [2.24, 2.45) is 0 Å². The first-order valence-electron chi connectivity index (χ1n) is 9.01. The van der Waals surface area contributed by atoms with E-state index in [9.17, 15) is 4.79 Å². The Kier molecular flexibility index (Phi) is 3.87. The second kappa shape index (κ2) is 5.89. The molecule has 23 heavy (non-hydrogen) atoms. The highest BCUT2D eigenvalue weighted by molar-refractivity contribution is 5.74. The summed E-state index contributed by atoms with van der Waals surface area (Å²) in [5.41, 5.74) is 0. The number of likely N-dealkylation sites (tertiary alicyclic amines) is 2. The summed E-state index contributed by atoms with van der Waals surface area (Å²) in [6.45, 7) is 5.82. The summed E-state index contributed by atoms with van der Waals surface area (Å²) in [4.78, 5) is 21.1. The molecule has 1 amide bonds. The summed E-state index contributed by atoms with van der Waals surface area (Å²) < 4.78 is 5.54. The SMILES string of the molecule is CC(=O)N1CCC[C@@H]1[C@H]1CCCN1[C@H](C)c1nc(C2CC2)no1. The van der Waals surface area contributed by atoms with Crippen molar-refractivity contribution < 1.29 is 9.32 Å². The molecule has 0 aromatic carbocycles. The topological polar surface area (TPSA) is 62.5 Å². The molecular formula is C17H26N4O2. The predicted molar refractivity (Wildman–Crippen MR) is 84.8 cm³/mol. The minimum absolute atomic E-state index is 0.136. The van der Waals surface area contributed by atoms with Gasteiger partial charge < -0.3 is 9.42 Å². The fraction of sp³-hybridized carbons (Fsp3) is 0.824. The van der Waals surface area contributed by atoms with Crippen LogP contribution in [0.25, 0.3) is 0 Å². The number of carbonyl (C=O) groups is 1. The van der Waals surface area contributed by atoms with Crippen LogP contribution < -0.4 is 0 Å². The lowest BCUT2D eigenvalue weighted by atomic mass is 10.0. The number of amides is 1. The Bertz CT molecular complexity index is 583. The highest BCUT2D eigenvalue weighted by Crippen LogP contribution is 2.40. The molecule has 0 bridgehead atoms. The van der Waals surface area contributed by atoms with Gasteiger partial charge in [0.05, 0.1) is 6.04 Å². The quantitative estimate of drug-likeness (QED) is 0.853. The fourth-order valence-corrected chi connectivity index (χ4v) is 4.36. The van der Waals surface area contributed by atoms with Crippen LogP contribution in [0.15, 0.2) is 4.52 Å². The van der Waals surface area contributed by atoms with Crippen LogP contribution in [0.1, 0.15) is 76.0 Å². The van der Waals surface area contributed by atoms with Crippen LogP contribution >= 0.6 is 0 Å². The van der Waals surface area contributed by atoms with E-state index in [0.29, 0.717) is 18.0 Å². The molecule has 0 N–H and O–H groups in total. The van der Waals surface area contributed by atoms with Crippen molar-refractivity contribution in [3.8, 4) is 0 Å². The second-order valence-corrected chi connectivity index (χ2v) is 7.31. The lowest BCUT2D eigenvalue weighted by Gasteiger charge is -2.36. The average molecular weight is 318 g/mol. The first-order chi connectivity index (χ1) is 11.1. The van der Waals surface area contributed by atoms with Crippen molar-refractivity contribution >= 4 is 5.91 Å². The van der Waals surface area contributed by atoms with Gasteiger partial charge in [0, 0.05) is 31.5 Å². The number of rotatable bonds is 4. The van der Waals surface area contributed by atoms with Crippen molar-refractivity contribution in [3.63, 3.8) is 0 Å². The molecule has 3 heterocycles. The van der Waals surface area contributed by atoms with Crippen LogP contribution in [0.2, 0.25) is 0 Å². The molecule has 3 aliphatic rings. The molecule has 1 aliphatic carbocycles. The third kappa shape index (κ3) is 2.77. The van der Waals surface area contributed by atoms with Gasteiger partial charge in [-0.2, -0.15) is 4.98 Å². The summed E-state index contributed by atoms with van der Waals surface area (Å²) in [5.74, 6) is 2.36. The number of aromatic nitrogens is 2. The van der Waals surface area contributed by atoms with Gasteiger partial charge in [0.1, 0.15) is 0 Å². The summed E-state index contributed by atoms with van der Waals surface area (Å²) in [7, 11) is 0. The monoisotopic (exact) mass is 318 g/mol. The maximum absolute atomic E-state index is 11.9. The highest BCUT2D eigenvalue weighted by Gasteiger charge is 2.42. The lowest BCUT2D eigenvalue weighted by Crippen LogP contribution is -2.48. The maximum atomic E-state index is 11.9. The van der Waals surface area contributed by atoms with Crippen molar-refractivity contribution in [2.45, 2.75) is 76.4 Å². The van der Waals surface area contributed by atoms with E-state index in [2.05, 4.69) is 26.9 Å². The van der Waals surface area contributed by atoms with E-state index in [4.69, 9.17) is 4.52 Å². The molecule has 3 fully saturated rings. The van der Waals surface area contributed by atoms with Crippen LogP contribution in [-0.4, -0.2) is 51.0 Å². The van der Waals surface area contributed by atoms with Crippen LogP contribution in [-0.2, 0) is 4.79 Å². The van der Waals surface area contributed by atoms with E-state index in [1.54, 1.807) is 6.92 Å². The summed E-state index contributed by atoms with van der Waals surface area (Å²) in [6.07, 6.45) is 6.95. The molecule has 2 aliphatic heterocycles. The van der Waals surface area contributed by atoms with E-state index < -0.39 is 0 Å². The lowest BCUT2D eigenvalue weighted by molar-refractivity contribution is -0.130. The van der Waals surface area contributed by atoms with Gasteiger partial charge in [-0.15, -0.1) is 0 Å². The molecule has 1 saturated carbocycles. The molecule has 0 spiro atoms. The zero-order valence-electron chi connectivity index (χ0n) is 14.1. The number of hydrogen-bond donors (Lipinski definition) is 0. The molecule has 6 heteroatoms. The third-order valence-electron chi connectivity index (χ3n) is 5.74. The van der Waals surface area contributed by atoms with Crippen LogP contribution in [0.4, 0.5) is 0 Å². The van der Waals surface area contributed by atoms with Crippen molar-refractivity contribution in [1.82, 2.24) is 19.9 Å². The standard InChI is InChI=1S/C17H26N4O2/c1-11(17-18-16(19-23-17)13-7-8-13)20-9-3-5-14(20)15-6-4-10-21(15)12(2)22/h11,13-15H,3-10H2,1-2H3/t11-,14-,15-/m1/s1. The Balaban J connectivity index is 1.51. The normalized spacial score (nSPS) is 30.1. The van der Waals surface area contributed by atoms with Gasteiger partial charge in [0.2, 0.25) is 11.8 Å². The van der Waals surface area contributed by atoms with Gasteiger partial charge in [0.25, 0.3) is 0 Å². The van der Waals surface area contributed by atoms with E-state index in [1.165, 1.54) is 19.3 Å². The zero-order chi connectivity index (χ0) is 16.0. The van der Waals surface area contributed by atoms with Gasteiger partial charge >= 0.3 is 0 Å². The molecule has 1 aromatic heterocycles. The van der Waals surface area contributed by atoms with Crippen LogP contribution in [0.3, 0.4) is 0 Å². The molecule has 0 unspecified atom stereocenters. The van der Waals surface area contributed by atoms with Crippen molar-refractivity contribution in [3.05, 3.63) is 11.7 Å². The van der Waals surface area contributed by atoms with Crippen LogP contribution in [0, 0.1) is 0 Å². The Morgan fingerprint density at radius 2 is 1.91 bits per heavy atom. The van der Waals surface area contributed by atoms with E-state index in [0.717, 1.165) is 44.1 Å². The minimum Gasteiger partial charge on any atom is -0.338 e. The number of carbonyl (C=O) groups excluding carboxylic acids is 1. The van der Waals surface area contributed by atoms with Crippen LogP contribution in [0.5, 0.6) is 0 Å². The van der Waals surface area contributed by atoms with Gasteiger partial charge in [0.15, 0.2) is 5.82 Å². The Morgan fingerprint density at radius 1 is 1.17 bits per heavy atom. The molecule has 6 nitrogen and oxygen atoms in total. The smallest absolute Gasteiger partial charge is 0.243 e.